The standard InChI is InChI=1S/C7H14O4/c1-10-5-3-4-6(8)7(9)11-2/h6,8H,3-5H2,1-2H3. The molecule has 66 valence electrons. The largest absolute Gasteiger partial charge is 0.467 e. The molecule has 0 spiro atoms. The Bertz CT molecular complexity index is 113. The average Bonchev–Trinajstić information content (AvgIpc) is 2.03. The van der Waals surface area contributed by atoms with Gasteiger partial charge < -0.3 is 14.6 Å². The average molecular weight is 162 g/mol. The van der Waals surface area contributed by atoms with Gasteiger partial charge >= 0.3 is 5.97 Å². The summed E-state index contributed by atoms with van der Waals surface area (Å²) in [5.74, 6) is -0.582. The Morgan fingerprint density at radius 2 is 2.18 bits per heavy atom. The zero-order valence-corrected chi connectivity index (χ0v) is 6.87. The fraction of sp³-hybridized carbons (Fsp3) is 0.857. The number of carbonyl (C=O) groups is 1. The fourth-order valence-electron chi connectivity index (χ4n) is 0.675. The van der Waals surface area contributed by atoms with Crippen molar-refractivity contribution in [3.05, 3.63) is 0 Å². The lowest BCUT2D eigenvalue weighted by molar-refractivity contribution is -0.150. The number of ether oxygens (including phenoxy) is 2. The van der Waals surface area contributed by atoms with Crippen molar-refractivity contribution in [1.82, 2.24) is 0 Å². The molecular weight excluding hydrogens is 148 g/mol. The summed E-state index contributed by atoms with van der Waals surface area (Å²) in [6.45, 7) is 0.550. The Labute approximate surface area is 66.1 Å². The first-order valence-corrected chi connectivity index (χ1v) is 3.47. The highest BCUT2D eigenvalue weighted by atomic mass is 16.5. The van der Waals surface area contributed by atoms with Crippen LogP contribution in [0.2, 0.25) is 0 Å². The van der Waals surface area contributed by atoms with E-state index in [1.165, 1.54) is 7.11 Å². The minimum atomic E-state index is -1.00. The first-order chi connectivity index (χ1) is 5.22. The number of esters is 1. The second kappa shape index (κ2) is 6.12. The van der Waals surface area contributed by atoms with Crippen molar-refractivity contribution < 1.29 is 19.4 Å². The Hall–Kier alpha value is -0.610. The predicted molar refractivity (Wildman–Crippen MR) is 39.1 cm³/mol. The topological polar surface area (TPSA) is 55.8 Å². The number of hydrogen-bond acceptors (Lipinski definition) is 4. The molecule has 0 heterocycles. The maximum atomic E-state index is 10.6. The van der Waals surface area contributed by atoms with E-state index in [0.29, 0.717) is 19.4 Å². The molecular formula is C7H14O4. The zero-order valence-electron chi connectivity index (χ0n) is 6.87. The van der Waals surface area contributed by atoms with E-state index in [-0.39, 0.29) is 0 Å². The Kier molecular flexibility index (Phi) is 5.78. The molecule has 0 aromatic carbocycles. The minimum absolute atomic E-state index is 0.389. The predicted octanol–water partition coefficient (Wildman–Crippen LogP) is -0.0531. The van der Waals surface area contributed by atoms with Gasteiger partial charge in [-0.15, -0.1) is 0 Å². The molecule has 0 saturated carbocycles. The molecule has 1 N–H and O–H groups in total. The Morgan fingerprint density at radius 3 is 2.64 bits per heavy atom. The van der Waals surface area contributed by atoms with Crippen molar-refractivity contribution in [3.8, 4) is 0 Å². The lowest BCUT2D eigenvalue weighted by atomic mass is 10.2. The van der Waals surface area contributed by atoms with Crippen molar-refractivity contribution in [2.24, 2.45) is 0 Å². The van der Waals surface area contributed by atoms with Gasteiger partial charge in [0, 0.05) is 13.7 Å². The summed E-state index contributed by atoms with van der Waals surface area (Å²) >= 11 is 0. The molecule has 0 aliphatic carbocycles. The monoisotopic (exact) mass is 162 g/mol. The second-order valence-electron chi connectivity index (χ2n) is 2.17. The Morgan fingerprint density at radius 1 is 1.55 bits per heavy atom. The number of aliphatic hydroxyl groups excluding tert-OH is 1. The van der Waals surface area contributed by atoms with E-state index >= 15 is 0 Å². The SMILES string of the molecule is COCCCC(O)C(=O)OC. The minimum Gasteiger partial charge on any atom is -0.467 e. The van der Waals surface area contributed by atoms with Gasteiger partial charge in [-0.25, -0.2) is 4.79 Å². The van der Waals surface area contributed by atoms with Crippen molar-refractivity contribution in [1.29, 1.82) is 0 Å². The van der Waals surface area contributed by atoms with Gasteiger partial charge in [-0.3, -0.25) is 0 Å². The molecule has 0 aromatic heterocycles. The van der Waals surface area contributed by atoms with Crippen LogP contribution in [0.5, 0.6) is 0 Å². The lowest BCUT2D eigenvalue weighted by Crippen LogP contribution is -2.21. The van der Waals surface area contributed by atoms with Gasteiger partial charge in [-0.2, -0.15) is 0 Å². The molecule has 0 aliphatic rings. The fourth-order valence-corrected chi connectivity index (χ4v) is 0.675. The molecule has 0 rings (SSSR count). The summed E-state index contributed by atoms with van der Waals surface area (Å²) in [4.78, 5) is 10.6. The molecule has 0 fully saturated rings. The molecule has 1 atom stereocenters. The van der Waals surface area contributed by atoms with Crippen molar-refractivity contribution in [3.63, 3.8) is 0 Å². The number of rotatable bonds is 5. The number of methoxy groups -OCH3 is 2. The van der Waals surface area contributed by atoms with Gasteiger partial charge in [0.2, 0.25) is 0 Å². The van der Waals surface area contributed by atoms with Crippen LogP contribution in [0.25, 0.3) is 0 Å². The molecule has 0 radical (unpaired) electrons. The quantitative estimate of drug-likeness (QED) is 0.454. The molecule has 0 saturated heterocycles. The summed E-state index contributed by atoms with van der Waals surface area (Å²) < 4.78 is 9.06. The molecule has 4 heteroatoms. The molecule has 11 heavy (non-hydrogen) atoms. The second-order valence-corrected chi connectivity index (χ2v) is 2.17. The van der Waals surface area contributed by atoms with Crippen LogP contribution in [0.15, 0.2) is 0 Å². The van der Waals surface area contributed by atoms with Crippen LogP contribution in [-0.4, -0.2) is 38.0 Å². The normalized spacial score (nSPS) is 12.6. The lowest BCUT2D eigenvalue weighted by Gasteiger charge is -2.06. The first-order valence-electron chi connectivity index (χ1n) is 3.47. The van der Waals surface area contributed by atoms with E-state index in [9.17, 15) is 4.79 Å². The maximum Gasteiger partial charge on any atom is 0.334 e. The third kappa shape index (κ3) is 4.75. The zero-order chi connectivity index (χ0) is 8.69. The Balaban J connectivity index is 3.36. The summed E-state index contributed by atoms with van der Waals surface area (Å²) in [6.07, 6.45) is 0.0444. The van der Waals surface area contributed by atoms with Gasteiger partial charge in [-0.05, 0) is 12.8 Å². The van der Waals surface area contributed by atoms with Crippen LogP contribution < -0.4 is 0 Å². The maximum absolute atomic E-state index is 10.6. The van der Waals surface area contributed by atoms with E-state index in [4.69, 9.17) is 9.84 Å². The van der Waals surface area contributed by atoms with E-state index in [1.807, 2.05) is 0 Å². The molecule has 0 aliphatic heterocycles. The van der Waals surface area contributed by atoms with E-state index < -0.39 is 12.1 Å². The van der Waals surface area contributed by atoms with Gasteiger partial charge in [0.25, 0.3) is 0 Å². The summed E-state index contributed by atoms with van der Waals surface area (Å²) in [5, 5.41) is 9.01. The van der Waals surface area contributed by atoms with E-state index in [0.717, 1.165) is 0 Å². The van der Waals surface area contributed by atoms with Crippen molar-refractivity contribution in [2.45, 2.75) is 18.9 Å². The third-order valence-electron chi connectivity index (χ3n) is 1.30. The van der Waals surface area contributed by atoms with Crippen LogP contribution in [0.1, 0.15) is 12.8 Å². The summed E-state index contributed by atoms with van der Waals surface area (Å²) in [5.41, 5.74) is 0. The summed E-state index contributed by atoms with van der Waals surface area (Å²) in [6, 6.07) is 0. The molecule has 0 amide bonds. The van der Waals surface area contributed by atoms with E-state index in [1.54, 1.807) is 7.11 Å². The number of hydrogen-bond donors (Lipinski definition) is 1. The highest BCUT2D eigenvalue weighted by Crippen LogP contribution is 1.98. The van der Waals surface area contributed by atoms with Crippen LogP contribution in [-0.2, 0) is 14.3 Å². The molecule has 0 aromatic rings. The van der Waals surface area contributed by atoms with Gasteiger partial charge in [0.05, 0.1) is 7.11 Å². The van der Waals surface area contributed by atoms with Gasteiger partial charge in [-0.1, -0.05) is 0 Å². The molecule has 1 unspecified atom stereocenters. The van der Waals surface area contributed by atoms with Gasteiger partial charge in [0.15, 0.2) is 6.10 Å². The van der Waals surface area contributed by atoms with Crippen LogP contribution >= 0.6 is 0 Å². The first kappa shape index (κ1) is 10.4. The third-order valence-corrected chi connectivity index (χ3v) is 1.30. The highest BCUT2D eigenvalue weighted by molar-refractivity contribution is 5.74. The van der Waals surface area contributed by atoms with Crippen molar-refractivity contribution in [2.75, 3.05) is 20.8 Å². The molecule has 4 nitrogen and oxygen atoms in total. The van der Waals surface area contributed by atoms with Crippen LogP contribution in [0.4, 0.5) is 0 Å². The van der Waals surface area contributed by atoms with Crippen molar-refractivity contribution >= 4 is 5.97 Å². The van der Waals surface area contributed by atoms with Crippen LogP contribution in [0.3, 0.4) is 0 Å². The van der Waals surface area contributed by atoms with E-state index in [2.05, 4.69) is 4.74 Å². The van der Waals surface area contributed by atoms with Gasteiger partial charge in [0.1, 0.15) is 0 Å². The smallest absolute Gasteiger partial charge is 0.334 e. The highest BCUT2D eigenvalue weighted by Gasteiger charge is 2.13. The van der Waals surface area contributed by atoms with Crippen LogP contribution in [0, 0.1) is 0 Å². The number of carbonyl (C=O) groups excluding carboxylic acids is 1. The summed E-state index contributed by atoms with van der Waals surface area (Å²) in [7, 11) is 2.83. The number of aliphatic hydroxyl groups is 1. The molecule has 0 bridgehead atoms.